The highest BCUT2D eigenvalue weighted by Crippen LogP contribution is 2.31. The number of thiazole rings is 1. The molecule has 0 aliphatic heterocycles. The highest BCUT2D eigenvalue weighted by molar-refractivity contribution is 7.92. The van der Waals surface area contributed by atoms with E-state index in [1.54, 1.807) is 23.5 Å². The first-order chi connectivity index (χ1) is 15.3. The van der Waals surface area contributed by atoms with Crippen molar-refractivity contribution in [2.75, 3.05) is 4.72 Å². The van der Waals surface area contributed by atoms with Gasteiger partial charge in [0.25, 0.3) is 10.0 Å². The van der Waals surface area contributed by atoms with Crippen LogP contribution in [0.5, 0.6) is 0 Å². The predicted octanol–water partition coefficient (Wildman–Crippen LogP) is 3.60. The number of fused-ring (bicyclic) bond motifs is 2. The van der Waals surface area contributed by atoms with Gasteiger partial charge < -0.3 is 9.97 Å². The molecule has 0 atom stereocenters. The van der Waals surface area contributed by atoms with Gasteiger partial charge in [-0.15, -0.1) is 11.3 Å². The summed E-state index contributed by atoms with van der Waals surface area (Å²) in [6.07, 6.45) is 0. The Bertz CT molecular complexity index is 1720. The second-order valence-electron chi connectivity index (χ2n) is 7.29. The molecule has 0 unspecified atom stereocenters. The van der Waals surface area contributed by atoms with Gasteiger partial charge in [-0.25, -0.2) is 13.4 Å². The van der Waals surface area contributed by atoms with Crippen LogP contribution < -0.4 is 15.8 Å². The van der Waals surface area contributed by atoms with Gasteiger partial charge in [0.2, 0.25) is 0 Å². The van der Waals surface area contributed by atoms with Gasteiger partial charge in [0.1, 0.15) is 5.01 Å². The number of nitrogens with zero attached hydrogens (tertiary/aromatic N) is 1. The molecule has 0 bridgehead atoms. The fraction of sp³-hybridized carbons (Fsp3) is 0.0455. The number of aromatic amines is 2. The zero-order chi connectivity index (χ0) is 22.5. The van der Waals surface area contributed by atoms with E-state index in [-0.39, 0.29) is 10.4 Å². The number of nitrogens with one attached hydrogen (secondary N) is 3. The number of hydrogen-bond donors (Lipinski definition) is 3. The Kier molecular flexibility index (Phi) is 4.68. The average Bonchev–Trinajstić information content (AvgIpc) is 3.17. The molecule has 160 valence electrons. The van der Waals surface area contributed by atoms with E-state index in [1.165, 1.54) is 23.8 Å². The molecule has 2 aromatic heterocycles. The van der Waals surface area contributed by atoms with Crippen LogP contribution >= 0.6 is 11.3 Å². The summed E-state index contributed by atoms with van der Waals surface area (Å²) in [6, 6.07) is 17.1. The Morgan fingerprint density at radius 2 is 1.59 bits per heavy atom. The third-order valence-corrected chi connectivity index (χ3v) is 7.38. The van der Waals surface area contributed by atoms with Crippen molar-refractivity contribution >= 4 is 48.3 Å². The van der Waals surface area contributed by atoms with E-state index in [2.05, 4.69) is 25.7 Å². The van der Waals surface area contributed by atoms with E-state index < -0.39 is 21.1 Å². The van der Waals surface area contributed by atoms with Gasteiger partial charge in [-0.3, -0.25) is 14.3 Å². The Morgan fingerprint density at radius 1 is 0.875 bits per heavy atom. The SMILES string of the molecule is Cc1ccc2nc(-c3ccc(NS(=O)(=O)c4ccc5[nH]c(=O)c(=O)[nH]c5c4)cc3)sc2c1. The molecule has 0 saturated carbocycles. The smallest absolute Gasteiger partial charge is 0.314 e. The second kappa shape index (κ2) is 7.43. The summed E-state index contributed by atoms with van der Waals surface area (Å²) in [6.45, 7) is 2.03. The van der Waals surface area contributed by atoms with Crippen molar-refractivity contribution in [2.24, 2.45) is 0 Å². The number of aryl methyl sites for hydroxylation is 1. The highest BCUT2D eigenvalue weighted by Gasteiger charge is 2.16. The molecule has 32 heavy (non-hydrogen) atoms. The molecule has 3 N–H and O–H groups in total. The van der Waals surface area contributed by atoms with E-state index in [0.717, 1.165) is 20.8 Å². The summed E-state index contributed by atoms with van der Waals surface area (Å²) in [7, 11) is -3.91. The van der Waals surface area contributed by atoms with Crippen molar-refractivity contribution in [2.45, 2.75) is 11.8 Å². The monoisotopic (exact) mass is 464 g/mol. The summed E-state index contributed by atoms with van der Waals surface area (Å²) in [4.78, 5) is 32.3. The Morgan fingerprint density at radius 3 is 2.34 bits per heavy atom. The summed E-state index contributed by atoms with van der Waals surface area (Å²) < 4.78 is 29.3. The number of sulfonamides is 1. The van der Waals surface area contributed by atoms with Crippen molar-refractivity contribution in [3.8, 4) is 10.6 Å². The Hall–Kier alpha value is -3.76. The van der Waals surface area contributed by atoms with Crippen molar-refractivity contribution in [1.82, 2.24) is 15.0 Å². The predicted molar refractivity (Wildman–Crippen MR) is 126 cm³/mol. The fourth-order valence-corrected chi connectivity index (χ4v) is 5.47. The summed E-state index contributed by atoms with van der Waals surface area (Å²) in [5.41, 5.74) is 2.29. The number of anilines is 1. The first-order valence-corrected chi connectivity index (χ1v) is 11.9. The first-order valence-electron chi connectivity index (χ1n) is 9.55. The molecule has 5 rings (SSSR count). The van der Waals surface area contributed by atoms with E-state index in [9.17, 15) is 18.0 Å². The Labute approximate surface area is 185 Å². The maximum atomic E-state index is 12.8. The molecular formula is C22H16N4O4S2. The summed E-state index contributed by atoms with van der Waals surface area (Å²) in [5.74, 6) is 0. The topological polar surface area (TPSA) is 125 Å². The van der Waals surface area contributed by atoms with Gasteiger partial charge in [0, 0.05) is 11.3 Å². The van der Waals surface area contributed by atoms with Crippen LogP contribution in [-0.2, 0) is 10.0 Å². The first kappa shape index (κ1) is 20.2. The number of benzene rings is 3. The minimum absolute atomic E-state index is 0.0432. The normalized spacial score (nSPS) is 11.8. The third kappa shape index (κ3) is 3.70. The van der Waals surface area contributed by atoms with Crippen molar-refractivity contribution in [3.05, 3.63) is 86.9 Å². The van der Waals surface area contributed by atoms with Gasteiger partial charge in [0.15, 0.2) is 0 Å². The minimum atomic E-state index is -3.91. The van der Waals surface area contributed by atoms with Crippen LogP contribution in [0.25, 0.3) is 31.8 Å². The minimum Gasteiger partial charge on any atom is -0.316 e. The van der Waals surface area contributed by atoms with E-state index in [0.29, 0.717) is 11.2 Å². The molecule has 0 fully saturated rings. The molecular weight excluding hydrogens is 448 g/mol. The molecule has 5 aromatic rings. The Balaban J connectivity index is 1.43. The molecule has 3 aromatic carbocycles. The standard InChI is InChI=1S/C22H16N4O4S2/c1-12-2-8-17-19(10-12)31-22(25-17)13-3-5-14(6-4-13)26-32(29,30)15-7-9-16-18(11-15)24-21(28)20(27)23-16/h2-11,26H,1H3,(H,23,27)(H,24,28). The van der Waals surface area contributed by atoms with Crippen LogP contribution in [0.1, 0.15) is 5.56 Å². The van der Waals surface area contributed by atoms with Gasteiger partial charge in [0.05, 0.1) is 26.1 Å². The maximum absolute atomic E-state index is 12.8. The van der Waals surface area contributed by atoms with Crippen LogP contribution in [0, 0.1) is 6.92 Å². The third-order valence-electron chi connectivity index (χ3n) is 4.93. The molecule has 0 radical (unpaired) electrons. The lowest BCUT2D eigenvalue weighted by Gasteiger charge is -2.09. The van der Waals surface area contributed by atoms with E-state index >= 15 is 0 Å². The number of rotatable bonds is 4. The highest BCUT2D eigenvalue weighted by atomic mass is 32.2. The van der Waals surface area contributed by atoms with E-state index in [1.807, 2.05) is 31.2 Å². The van der Waals surface area contributed by atoms with Crippen LogP contribution in [-0.4, -0.2) is 23.4 Å². The van der Waals surface area contributed by atoms with Crippen molar-refractivity contribution < 1.29 is 8.42 Å². The van der Waals surface area contributed by atoms with Gasteiger partial charge in [-0.2, -0.15) is 0 Å². The van der Waals surface area contributed by atoms with Crippen molar-refractivity contribution in [3.63, 3.8) is 0 Å². The lowest BCUT2D eigenvalue weighted by atomic mass is 10.2. The molecule has 10 heteroatoms. The lowest BCUT2D eigenvalue weighted by Crippen LogP contribution is -2.29. The summed E-state index contributed by atoms with van der Waals surface area (Å²) in [5, 5.41) is 0.854. The van der Waals surface area contributed by atoms with Crippen LogP contribution in [0.2, 0.25) is 0 Å². The van der Waals surface area contributed by atoms with Crippen molar-refractivity contribution in [1.29, 1.82) is 0 Å². The fourth-order valence-electron chi connectivity index (χ4n) is 3.31. The van der Waals surface area contributed by atoms with Gasteiger partial charge in [-0.1, -0.05) is 6.07 Å². The molecule has 0 amide bonds. The van der Waals surface area contributed by atoms with Crippen LogP contribution in [0.15, 0.2) is 75.1 Å². The number of aromatic nitrogens is 3. The van der Waals surface area contributed by atoms with Crippen LogP contribution in [0.3, 0.4) is 0 Å². The van der Waals surface area contributed by atoms with Gasteiger partial charge >= 0.3 is 11.1 Å². The largest absolute Gasteiger partial charge is 0.316 e. The maximum Gasteiger partial charge on any atom is 0.314 e. The molecule has 2 heterocycles. The molecule has 0 aliphatic carbocycles. The van der Waals surface area contributed by atoms with Crippen LogP contribution in [0.4, 0.5) is 5.69 Å². The second-order valence-corrected chi connectivity index (χ2v) is 10.0. The number of H-pyrrole nitrogens is 2. The molecule has 0 aliphatic rings. The van der Waals surface area contributed by atoms with Gasteiger partial charge in [-0.05, 0) is 67.1 Å². The van der Waals surface area contributed by atoms with E-state index in [4.69, 9.17) is 0 Å². The number of hydrogen-bond acceptors (Lipinski definition) is 6. The zero-order valence-corrected chi connectivity index (χ0v) is 18.3. The summed E-state index contributed by atoms with van der Waals surface area (Å²) >= 11 is 1.58. The average molecular weight is 465 g/mol. The zero-order valence-electron chi connectivity index (χ0n) is 16.7. The molecule has 8 nitrogen and oxygen atoms in total. The molecule has 0 saturated heterocycles. The lowest BCUT2D eigenvalue weighted by molar-refractivity contribution is 0.601. The molecule has 0 spiro atoms. The quantitative estimate of drug-likeness (QED) is 0.351.